The van der Waals surface area contributed by atoms with Gasteiger partial charge in [0.05, 0.1) is 17.8 Å². The summed E-state index contributed by atoms with van der Waals surface area (Å²) in [6.07, 6.45) is 30.7. The van der Waals surface area contributed by atoms with Crippen molar-refractivity contribution in [3.63, 3.8) is 0 Å². The molecule has 1 saturated carbocycles. The van der Waals surface area contributed by atoms with E-state index in [-0.39, 0.29) is 22.7 Å². The van der Waals surface area contributed by atoms with E-state index in [9.17, 15) is 15.0 Å². The molecule has 3 aliphatic rings. The lowest BCUT2D eigenvalue weighted by atomic mass is 9.61. The summed E-state index contributed by atoms with van der Waals surface area (Å²) in [5.41, 5.74) is 2.00. The summed E-state index contributed by atoms with van der Waals surface area (Å²) in [7, 11) is 0. The lowest BCUT2D eigenvalue weighted by Crippen LogP contribution is -2.56. The van der Waals surface area contributed by atoms with Gasteiger partial charge in [-0.2, -0.15) is 0 Å². The van der Waals surface area contributed by atoms with E-state index in [2.05, 4.69) is 84.9 Å². The van der Waals surface area contributed by atoms with Crippen LogP contribution in [0.25, 0.3) is 0 Å². The van der Waals surface area contributed by atoms with Crippen molar-refractivity contribution in [1.82, 2.24) is 0 Å². The standard InChI is InChI=1S/C40H56O4/c1-29(17-13-19-31(3)21-22-35(42)38(9)26-33(41)25-36(38,5)6)15-11-12-16-30(2)18-14-20-32(4)23-24-40-37(7,8)27-34(44-40)28-39(40,10)43/h11-24,33-34,41,43H,25-28H2,1-10H3/b12-11+,17-13+,18-14+,22-21+,24-23+,29-15+,30-16+,31-19+,32-20+/t33-,34+,38-,39+,40+/m0/s1. The Balaban J connectivity index is 1.50. The monoisotopic (exact) mass is 600 g/mol. The van der Waals surface area contributed by atoms with E-state index < -0.39 is 22.7 Å². The molecule has 0 amide bonds. The zero-order valence-corrected chi connectivity index (χ0v) is 28.8. The Morgan fingerprint density at radius 3 is 1.61 bits per heavy atom. The molecule has 2 saturated heterocycles. The predicted molar refractivity (Wildman–Crippen MR) is 184 cm³/mol. The molecule has 2 N–H and O–H groups in total. The van der Waals surface area contributed by atoms with Crippen LogP contribution in [0.1, 0.15) is 94.9 Å². The van der Waals surface area contributed by atoms with Gasteiger partial charge in [-0.15, -0.1) is 0 Å². The van der Waals surface area contributed by atoms with Gasteiger partial charge in [-0.05, 0) is 71.4 Å². The summed E-state index contributed by atoms with van der Waals surface area (Å²) in [5.74, 6) is 0.0818. The van der Waals surface area contributed by atoms with Crippen molar-refractivity contribution >= 4 is 5.78 Å². The minimum atomic E-state index is -0.855. The molecule has 0 unspecified atom stereocenters. The maximum atomic E-state index is 12.9. The van der Waals surface area contributed by atoms with Crippen LogP contribution in [0.3, 0.4) is 0 Å². The van der Waals surface area contributed by atoms with Crippen molar-refractivity contribution in [1.29, 1.82) is 0 Å². The van der Waals surface area contributed by atoms with Gasteiger partial charge in [0.1, 0.15) is 5.60 Å². The number of hydrogen-bond donors (Lipinski definition) is 2. The van der Waals surface area contributed by atoms with E-state index in [1.807, 2.05) is 63.3 Å². The number of carbonyl (C=O) groups excluding carboxylic acids is 1. The minimum absolute atomic E-state index is 0.0818. The first-order chi connectivity index (χ1) is 20.3. The van der Waals surface area contributed by atoms with Crippen LogP contribution >= 0.6 is 0 Å². The summed E-state index contributed by atoms with van der Waals surface area (Å²) in [4.78, 5) is 12.9. The van der Waals surface area contributed by atoms with Crippen LogP contribution in [0.15, 0.2) is 107 Å². The smallest absolute Gasteiger partial charge is 0.162 e. The van der Waals surface area contributed by atoms with Crippen LogP contribution in [0.4, 0.5) is 0 Å². The molecular weight excluding hydrogens is 544 g/mol. The first-order valence-electron chi connectivity index (χ1n) is 16.1. The van der Waals surface area contributed by atoms with E-state index >= 15 is 0 Å². The SMILES string of the molecule is CC(/C=C/C=C(C)/C=C/C(=O)[C@]1(C)C[C@@H](O)CC1(C)C)=C\C=C\C=C(C)\C=C\C=C(C)\C=C\[C@@]12O[C@H](CC1(C)C)C[C@@]2(C)O. The molecule has 0 spiro atoms. The van der Waals surface area contributed by atoms with Crippen LogP contribution in [0.5, 0.6) is 0 Å². The number of allylic oxidation sites excluding steroid dienone is 17. The lowest BCUT2D eigenvalue weighted by Gasteiger charge is -2.46. The lowest BCUT2D eigenvalue weighted by molar-refractivity contribution is -0.127. The molecule has 2 aliphatic heterocycles. The molecular formula is C40H56O4. The van der Waals surface area contributed by atoms with Gasteiger partial charge in [0, 0.05) is 17.3 Å². The van der Waals surface area contributed by atoms with Crippen LogP contribution in [0.2, 0.25) is 0 Å². The second kappa shape index (κ2) is 13.7. The first kappa shape index (κ1) is 35.7. The van der Waals surface area contributed by atoms with Crippen molar-refractivity contribution in [3.8, 4) is 0 Å². The molecule has 0 aromatic heterocycles. The quantitative estimate of drug-likeness (QED) is 0.183. The Hall–Kier alpha value is -2.79. The average molecular weight is 601 g/mol. The molecule has 2 bridgehead atoms. The highest BCUT2D eigenvalue weighted by atomic mass is 16.5. The second-order valence-corrected chi connectivity index (χ2v) is 15.1. The van der Waals surface area contributed by atoms with Gasteiger partial charge in [0.2, 0.25) is 0 Å². The zero-order chi connectivity index (χ0) is 33.0. The van der Waals surface area contributed by atoms with Gasteiger partial charge in [-0.1, -0.05) is 130 Å². The summed E-state index contributed by atoms with van der Waals surface area (Å²) in [6, 6.07) is 0. The zero-order valence-electron chi connectivity index (χ0n) is 28.8. The largest absolute Gasteiger partial charge is 0.393 e. The van der Waals surface area contributed by atoms with Gasteiger partial charge in [0.25, 0.3) is 0 Å². The predicted octanol–water partition coefficient (Wildman–Crippen LogP) is 9.02. The number of aliphatic hydroxyl groups is 2. The highest BCUT2D eigenvalue weighted by Gasteiger charge is 2.67. The molecule has 3 fully saturated rings. The third-order valence-corrected chi connectivity index (χ3v) is 10.3. The van der Waals surface area contributed by atoms with E-state index in [0.717, 1.165) is 28.7 Å². The second-order valence-electron chi connectivity index (χ2n) is 15.1. The molecule has 0 aromatic rings. The van der Waals surface area contributed by atoms with Crippen molar-refractivity contribution in [2.75, 3.05) is 0 Å². The van der Waals surface area contributed by atoms with E-state index in [4.69, 9.17) is 4.74 Å². The molecule has 0 aromatic carbocycles. The van der Waals surface area contributed by atoms with E-state index in [0.29, 0.717) is 19.3 Å². The van der Waals surface area contributed by atoms with Crippen LogP contribution < -0.4 is 0 Å². The van der Waals surface area contributed by atoms with Crippen molar-refractivity contribution in [2.45, 2.75) is 118 Å². The van der Waals surface area contributed by atoms with Gasteiger partial charge in [-0.3, -0.25) is 4.79 Å². The maximum Gasteiger partial charge on any atom is 0.162 e. The molecule has 240 valence electrons. The van der Waals surface area contributed by atoms with Crippen molar-refractivity contribution in [3.05, 3.63) is 107 Å². The normalized spacial score (nSPS) is 34.7. The number of hydrogen-bond acceptors (Lipinski definition) is 4. The Labute approximate surface area is 267 Å². The number of rotatable bonds is 11. The number of aliphatic hydroxyl groups excluding tert-OH is 1. The fourth-order valence-corrected chi connectivity index (χ4v) is 7.24. The number of ketones is 1. The molecule has 3 rings (SSSR count). The molecule has 4 heteroatoms. The van der Waals surface area contributed by atoms with Gasteiger partial charge < -0.3 is 14.9 Å². The summed E-state index contributed by atoms with van der Waals surface area (Å²) >= 11 is 0. The Bertz CT molecular complexity index is 1330. The first-order valence-corrected chi connectivity index (χ1v) is 16.1. The highest BCUT2D eigenvalue weighted by Crippen LogP contribution is 2.60. The molecule has 2 heterocycles. The Morgan fingerprint density at radius 1 is 0.636 bits per heavy atom. The number of ether oxygens (including phenoxy) is 1. The topological polar surface area (TPSA) is 66.8 Å². The molecule has 5 atom stereocenters. The Morgan fingerprint density at radius 2 is 1.14 bits per heavy atom. The Kier molecular flexibility index (Phi) is 11.1. The van der Waals surface area contributed by atoms with Crippen molar-refractivity contribution < 1.29 is 19.7 Å². The van der Waals surface area contributed by atoms with Crippen molar-refractivity contribution in [2.24, 2.45) is 16.2 Å². The van der Waals surface area contributed by atoms with E-state index in [1.54, 1.807) is 6.08 Å². The third kappa shape index (κ3) is 7.88. The van der Waals surface area contributed by atoms with Gasteiger partial charge in [-0.25, -0.2) is 0 Å². The van der Waals surface area contributed by atoms with Gasteiger partial charge in [0.15, 0.2) is 5.78 Å². The molecule has 0 radical (unpaired) electrons. The van der Waals surface area contributed by atoms with Crippen LogP contribution in [0, 0.1) is 16.2 Å². The number of fused-ring (bicyclic) bond motifs is 2. The fourth-order valence-electron chi connectivity index (χ4n) is 7.24. The fraction of sp³-hybridized carbons (Fsp3) is 0.525. The molecule has 4 nitrogen and oxygen atoms in total. The van der Waals surface area contributed by atoms with Gasteiger partial charge >= 0.3 is 0 Å². The maximum absolute atomic E-state index is 12.9. The minimum Gasteiger partial charge on any atom is -0.393 e. The number of carbonyl (C=O) groups is 1. The summed E-state index contributed by atoms with van der Waals surface area (Å²) in [6.45, 7) is 20.6. The summed E-state index contributed by atoms with van der Waals surface area (Å²) in [5, 5.41) is 21.2. The average Bonchev–Trinajstić information content (AvgIpc) is 3.41. The van der Waals surface area contributed by atoms with Crippen LogP contribution in [-0.4, -0.2) is 39.4 Å². The van der Waals surface area contributed by atoms with E-state index in [1.165, 1.54) is 0 Å². The molecule has 44 heavy (non-hydrogen) atoms. The molecule has 1 aliphatic carbocycles. The third-order valence-electron chi connectivity index (χ3n) is 10.3. The van der Waals surface area contributed by atoms with Crippen LogP contribution in [-0.2, 0) is 9.53 Å². The highest BCUT2D eigenvalue weighted by molar-refractivity contribution is 5.95. The summed E-state index contributed by atoms with van der Waals surface area (Å²) < 4.78 is 6.30.